The lowest BCUT2D eigenvalue weighted by Gasteiger charge is -2.15. The zero-order valence-electron chi connectivity index (χ0n) is 15.8. The van der Waals surface area contributed by atoms with E-state index in [0.717, 1.165) is 17.3 Å². The maximum absolute atomic E-state index is 12.8. The number of nitro benzene ring substituents is 1. The van der Waals surface area contributed by atoms with Crippen LogP contribution in [0.1, 0.15) is 11.1 Å². The standard InChI is InChI=1S/C20H18N2O5S2/c1-26-16-8-7-13(11-17(16)27-2)9-10-21-19(23)18(29-20(21)28)12-14-5-3-4-6-15(14)22(24)25/h3-8,11-12H,9-10H2,1-2H3. The van der Waals surface area contributed by atoms with Gasteiger partial charge in [-0.1, -0.05) is 42.2 Å². The van der Waals surface area contributed by atoms with Crippen LogP contribution in [0.25, 0.3) is 6.08 Å². The molecule has 9 heteroatoms. The topological polar surface area (TPSA) is 81.9 Å². The molecule has 0 saturated carbocycles. The highest BCUT2D eigenvalue weighted by Crippen LogP contribution is 2.34. The van der Waals surface area contributed by atoms with E-state index in [4.69, 9.17) is 21.7 Å². The molecular formula is C20H18N2O5S2. The fraction of sp³-hybridized carbons (Fsp3) is 0.200. The van der Waals surface area contributed by atoms with Crippen LogP contribution in [0.5, 0.6) is 11.5 Å². The van der Waals surface area contributed by atoms with Gasteiger partial charge < -0.3 is 9.47 Å². The molecule has 0 spiro atoms. The Kier molecular flexibility index (Phi) is 6.50. The van der Waals surface area contributed by atoms with Gasteiger partial charge >= 0.3 is 0 Å². The highest BCUT2D eigenvalue weighted by molar-refractivity contribution is 8.26. The van der Waals surface area contributed by atoms with Gasteiger partial charge in [0.15, 0.2) is 11.5 Å². The number of para-hydroxylation sites is 1. The maximum atomic E-state index is 12.8. The van der Waals surface area contributed by atoms with Crippen molar-refractivity contribution in [3.63, 3.8) is 0 Å². The van der Waals surface area contributed by atoms with Crippen molar-refractivity contribution in [2.75, 3.05) is 20.8 Å². The summed E-state index contributed by atoms with van der Waals surface area (Å²) in [6.45, 7) is 0.397. The van der Waals surface area contributed by atoms with Crippen LogP contribution in [0.15, 0.2) is 47.4 Å². The van der Waals surface area contributed by atoms with E-state index in [0.29, 0.717) is 39.3 Å². The molecular weight excluding hydrogens is 412 g/mol. The molecule has 1 fully saturated rings. The minimum Gasteiger partial charge on any atom is -0.493 e. The van der Waals surface area contributed by atoms with Crippen molar-refractivity contribution in [3.05, 3.63) is 68.6 Å². The summed E-state index contributed by atoms with van der Waals surface area (Å²) in [5.41, 5.74) is 1.29. The van der Waals surface area contributed by atoms with Crippen molar-refractivity contribution in [1.82, 2.24) is 4.90 Å². The molecule has 0 aliphatic carbocycles. The fourth-order valence-electron chi connectivity index (χ4n) is 2.89. The lowest BCUT2D eigenvalue weighted by Crippen LogP contribution is -2.30. The van der Waals surface area contributed by atoms with Crippen molar-refractivity contribution in [2.24, 2.45) is 0 Å². The molecule has 2 aromatic carbocycles. The molecule has 1 heterocycles. The van der Waals surface area contributed by atoms with E-state index in [-0.39, 0.29) is 11.6 Å². The molecule has 1 saturated heterocycles. The molecule has 1 amide bonds. The molecule has 2 aromatic rings. The molecule has 3 rings (SSSR count). The number of ether oxygens (including phenoxy) is 2. The Hall–Kier alpha value is -2.91. The highest BCUT2D eigenvalue weighted by Gasteiger charge is 2.32. The summed E-state index contributed by atoms with van der Waals surface area (Å²) in [6.07, 6.45) is 2.10. The number of benzene rings is 2. The van der Waals surface area contributed by atoms with Gasteiger partial charge in [-0.25, -0.2) is 0 Å². The number of nitro groups is 1. The second-order valence-electron chi connectivity index (χ2n) is 6.09. The zero-order chi connectivity index (χ0) is 21.0. The summed E-state index contributed by atoms with van der Waals surface area (Å²) in [7, 11) is 3.14. The predicted octanol–water partition coefficient (Wildman–Crippen LogP) is 4.06. The molecule has 29 heavy (non-hydrogen) atoms. The van der Waals surface area contributed by atoms with E-state index < -0.39 is 4.92 Å². The Balaban J connectivity index is 1.76. The first kappa shape index (κ1) is 20.8. The van der Waals surface area contributed by atoms with E-state index in [2.05, 4.69) is 0 Å². The second-order valence-corrected chi connectivity index (χ2v) is 7.76. The average molecular weight is 431 g/mol. The molecule has 150 valence electrons. The number of thioether (sulfide) groups is 1. The van der Waals surface area contributed by atoms with E-state index in [1.54, 1.807) is 32.4 Å². The van der Waals surface area contributed by atoms with Gasteiger partial charge in [-0.15, -0.1) is 0 Å². The monoisotopic (exact) mass is 430 g/mol. The number of thiocarbonyl (C=S) groups is 1. The molecule has 0 bridgehead atoms. The normalized spacial score (nSPS) is 15.1. The second kappa shape index (κ2) is 9.06. The van der Waals surface area contributed by atoms with Crippen molar-refractivity contribution >= 4 is 46.0 Å². The summed E-state index contributed by atoms with van der Waals surface area (Å²) in [5, 5.41) is 11.2. The quantitative estimate of drug-likeness (QED) is 0.284. The summed E-state index contributed by atoms with van der Waals surface area (Å²) in [4.78, 5) is 25.4. The van der Waals surface area contributed by atoms with Crippen LogP contribution in [-0.2, 0) is 11.2 Å². The van der Waals surface area contributed by atoms with Crippen LogP contribution in [0.2, 0.25) is 0 Å². The summed E-state index contributed by atoms with van der Waals surface area (Å²) in [6, 6.07) is 11.9. The Labute approximate surface area is 177 Å². The van der Waals surface area contributed by atoms with Crippen LogP contribution in [0.3, 0.4) is 0 Å². The lowest BCUT2D eigenvalue weighted by molar-refractivity contribution is -0.385. The van der Waals surface area contributed by atoms with Crippen molar-refractivity contribution < 1.29 is 19.2 Å². The largest absolute Gasteiger partial charge is 0.493 e. The van der Waals surface area contributed by atoms with Gasteiger partial charge in [-0.2, -0.15) is 0 Å². The molecule has 7 nitrogen and oxygen atoms in total. The van der Waals surface area contributed by atoms with Crippen molar-refractivity contribution in [1.29, 1.82) is 0 Å². The summed E-state index contributed by atoms with van der Waals surface area (Å²) < 4.78 is 11.0. The van der Waals surface area contributed by atoms with Crippen LogP contribution in [0, 0.1) is 10.1 Å². The zero-order valence-corrected chi connectivity index (χ0v) is 17.4. The molecule has 0 atom stereocenters. The third kappa shape index (κ3) is 4.57. The fourth-order valence-corrected chi connectivity index (χ4v) is 4.19. The minimum absolute atomic E-state index is 0.0527. The number of hydrogen-bond acceptors (Lipinski definition) is 7. The molecule has 0 aromatic heterocycles. The first-order valence-electron chi connectivity index (χ1n) is 8.64. The first-order valence-corrected chi connectivity index (χ1v) is 9.86. The third-order valence-corrected chi connectivity index (χ3v) is 5.74. The SMILES string of the molecule is COc1ccc(CCN2C(=O)C(=Cc3ccccc3[N+](=O)[O-])SC2=S)cc1OC. The number of rotatable bonds is 7. The maximum Gasteiger partial charge on any atom is 0.276 e. The number of nitrogens with zero attached hydrogens (tertiary/aromatic N) is 2. The van der Waals surface area contributed by atoms with Crippen LogP contribution in [0.4, 0.5) is 5.69 Å². The van der Waals surface area contributed by atoms with Gasteiger partial charge in [0.2, 0.25) is 0 Å². The Morgan fingerprint density at radius 1 is 1.17 bits per heavy atom. The molecule has 0 unspecified atom stereocenters. The minimum atomic E-state index is -0.469. The highest BCUT2D eigenvalue weighted by atomic mass is 32.2. The van der Waals surface area contributed by atoms with E-state index in [1.807, 2.05) is 18.2 Å². The molecule has 0 N–H and O–H groups in total. The van der Waals surface area contributed by atoms with Gasteiger partial charge in [0.05, 0.1) is 29.6 Å². The smallest absolute Gasteiger partial charge is 0.276 e. The number of carbonyl (C=O) groups is 1. The van der Waals surface area contributed by atoms with E-state index >= 15 is 0 Å². The number of amides is 1. The molecule has 1 aliphatic rings. The lowest BCUT2D eigenvalue weighted by atomic mass is 10.1. The molecule has 1 aliphatic heterocycles. The van der Waals surface area contributed by atoms with E-state index in [1.165, 1.54) is 17.0 Å². The number of carbonyl (C=O) groups excluding carboxylic acids is 1. The van der Waals surface area contributed by atoms with E-state index in [9.17, 15) is 14.9 Å². The van der Waals surface area contributed by atoms with Crippen molar-refractivity contribution in [2.45, 2.75) is 6.42 Å². The number of hydrogen-bond donors (Lipinski definition) is 0. The van der Waals surface area contributed by atoms with Gasteiger partial charge in [0.1, 0.15) is 4.32 Å². The third-order valence-electron chi connectivity index (χ3n) is 4.37. The van der Waals surface area contributed by atoms with Gasteiger partial charge in [0, 0.05) is 12.6 Å². The number of methoxy groups -OCH3 is 2. The van der Waals surface area contributed by atoms with Crippen LogP contribution in [-0.4, -0.2) is 40.8 Å². The Bertz CT molecular complexity index is 1010. The van der Waals surface area contributed by atoms with Gasteiger partial charge in [0.25, 0.3) is 11.6 Å². The molecule has 0 radical (unpaired) electrons. The van der Waals surface area contributed by atoms with Crippen LogP contribution >= 0.6 is 24.0 Å². The summed E-state index contributed by atoms with van der Waals surface area (Å²) >= 11 is 6.50. The Morgan fingerprint density at radius 2 is 1.90 bits per heavy atom. The van der Waals surface area contributed by atoms with Crippen LogP contribution < -0.4 is 9.47 Å². The predicted molar refractivity (Wildman–Crippen MR) is 116 cm³/mol. The first-order chi connectivity index (χ1) is 13.9. The summed E-state index contributed by atoms with van der Waals surface area (Å²) in [5.74, 6) is 1.000. The van der Waals surface area contributed by atoms with Gasteiger partial charge in [-0.3, -0.25) is 19.8 Å². The van der Waals surface area contributed by atoms with Crippen molar-refractivity contribution in [3.8, 4) is 11.5 Å². The van der Waals surface area contributed by atoms with Gasteiger partial charge in [-0.05, 0) is 36.3 Å². The Morgan fingerprint density at radius 3 is 2.59 bits per heavy atom. The average Bonchev–Trinajstić information content (AvgIpc) is 2.99.